The summed E-state index contributed by atoms with van der Waals surface area (Å²) in [7, 11) is 0. The molecule has 0 unspecified atom stereocenters. The zero-order chi connectivity index (χ0) is 11.0. The van der Waals surface area contributed by atoms with Gasteiger partial charge in [-0.3, -0.25) is 0 Å². The van der Waals surface area contributed by atoms with Crippen molar-refractivity contribution in [3.05, 3.63) is 35.1 Å². The van der Waals surface area contributed by atoms with Crippen LogP contribution in [0, 0.1) is 6.92 Å². The minimum atomic E-state index is -0.999. The summed E-state index contributed by atoms with van der Waals surface area (Å²) in [5, 5.41) is 9.88. The van der Waals surface area contributed by atoms with Crippen molar-refractivity contribution < 1.29 is 14.3 Å². The fourth-order valence-corrected chi connectivity index (χ4v) is 1.78. The van der Waals surface area contributed by atoms with Gasteiger partial charge in [0.2, 0.25) is 5.76 Å². The zero-order valence-corrected chi connectivity index (χ0v) is 8.70. The van der Waals surface area contributed by atoms with E-state index in [1.165, 1.54) is 0 Å². The van der Waals surface area contributed by atoms with E-state index in [9.17, 15) is 4.79 Å². The van der Waals surface area contributed by atoms with Crippen molar-refractivity contribution in [3.63, 3.8) is 0 Å². The van der Waals surface area contributed by atoms with Crippen molar-refractivity contribution in [1.82, 2.24) is 0 Å². The van der Waals surface area contributed by atoms with Crippen LogP contribution < -0.4 is 0 Å². The van der Waals surface area contributed by atoms with E-state index < -0.39 is 5.97 Å². The molecule has 1 aromatic carbocycles. The summed E-state index contributed by atoms with van der Waals surface area (Å²) in [6.45, 7) is 3.88. The highest BCUT2D eigenvalue weighted by atomic mass is 16.4. The lowest BCUT2D eigenvalue weighted by molar-refractivity contribution is 0.0663. The van der Waals surface area contributed by atoms with Crippen LogP contribution in [0.1, 0.15) is 28.6 Å². The lowest BCUT2D eigenvalue weighted by atomic mass is 10.1. The maximum Gasteiger partial charge on any atom is 0.372 e. The van der Waals surface area contributed by atoms with Crippen molar-refractivity contribution in [2.24, 2.45) is 0 Å². The number of furan rings is 1. The first-order valence-corrected chi connectivity index (χ1v) is 4.88. The molecule has 0 atom stereocenters. The molecule has 0 amide bonds. The van der Waals surface area contributed by atoms with Gasteiger partial charge < -0.3 is 9.52 Å². The van der Waals surface area contributed by atoms with Gasteiger partial charge in [0.05, 0.1) is 0 Å². The zero-order valence-electron chi connectivity index (χ0n) is 8.70. The van der Waals surface area contributed by atoms with E-state index in [1.807, 2.05) is 32.0 Å². The third-order valence-corrected chi connectivity index (χ3v) is 2.50. The first-order chi connectivity index (χ1) is 7.13. The minimum absolute atomic E-state index is 0.0677. The Bertz CT molecular complexity index is 523. The molecule has 0 fully saturated rings. The van der Waals surface area contributed by atoms with E-state index in [4.69, 9.17) is 9.52 Å². The van der Waals surface area contributed by atoms with Crippen molar-refractivity contribution in [3.8, 4) is 0 Å². The Kier molecular flexibility index (Phi) is 2.23. The Hall–Kier alpha value is -1.77. The summed E-state index contributed by atoms with van der Waals surface area (Å²) >= 11 is 0. The molecule has 0 bridgehead atoms. The fourth-order valence-electron chi connectivity index (χ4n) is 1.78. The SMILES string of the molecule is CCc1c(C(=O)O)oc2cc(C)ccc12. The summed E-state index contributed by atoms with van der Waals surface area (Å²) in [5.41, 5.74) is 2.50. The smallest absolute Gasteiger partial charge is 0.372 e. The molecule has 2 aromatic rings. The Morgan fingerprint density at radius 2 is 2.20 bits per heavy atom. The van der Waals surface area contributed by atoms with E-state index in [2.05, 4.69) is 0 Å². The molecular weight excluding hydrogens is 192 g/mol. The Labute approximate surface area is 87.3 Å². The topological polar surface area (TPSA) is 50.4 Å². The largest absolute Gasteiger partial charge is 0.475 e. The second kappa shape index (κ2) is 3.42. The number of rotatable bonds is 2. The minimum Gasteiger partial charge on any atom is -0.475 e. The third kappa shape index (κ3) is 1.50. The van der Waals surface area contributed by atoms with Crippen molar-refractivity contribution in [2.45, 2.75) is 20.3 Å². The number of aromatic carboxylic acids is 1. The molecule has 0 aliphatic carbocycles. The van der Waals surface area contributed by atoms with Gasteiger partial charge in [-0.1, -0.05) is 19.1 Å². The van der Waals surface area contributed by atoms with Gasteiger partial charge in [-0.15, -0.1) is 0 Å². The average molecular weight is 204 g/mol. The summed E-state index contributed by atoms with van der Waals surface area (Å²) < 4.78 is 5.33. The van der Waals surface area contributed by atoms with Gasteiger partial charge in [0.25, 0.3) is 0 Å². The van der Waals surface area contributed by atoms with Crippen LogP contribution >= 0.6 is 0 Å². The van der Waals surface area contributed by atoms with Crippen LogP contribution in [0.15, 0.2) is 22.6 Å². The number of carbonyl (C=O) groups is 1. The van der Waals surface area contributed by atoms with Gasteiger partial charge in [-0.05, 0) is 25.0 Å². The Morgan fingerprint density at radius 1 is 1.47 bits per heavy atom. The molecule has 15 heavy (non-hydrogen) atoms. The van der Waals surface area contributed by atoms with Crippen LogP contribution in [0.4, 0.5) is 0 Å². The molecule has 1 heterocycles. The van der Waals surface area contributed by atoms with Crippen LogP contribution in [0.25, 0.3) is 11.0 Å². The second-order valence-corrected chi connectivity index (χ2v) is 3.57. The van der Waals surface area contributed by atoms with Gasteiger partial charge in [-0.25, -0.2) is 4.79 Å². The predicted molar refractivity (Wildman–Crippen MR) is 57.3 cm³/mol. The summed E-state index contributed by atoms with van der Waals surface area (Å²) in [6, 6.07) is 5.74. The van der Waals surface area contributed by atoms with Crippen LogP contribution in [0.3, 0.4) is 0 Å². The molecule has 1 aromatic heterocycles. The molecule has 3 heteroatoms. The van der Waals surface area contributed by atoms with E-state index in [-0.39, 0.29) is 5.76 Å². The molecule has 2 rings (SSSR count). The number of aryl methyl sites for hydroxylation is 2. The molecule has 0 saturated carbocycles. The Balaban J connectivity index is 2.78. The highest BCUT2D eigenvalue weighted by Crippen LogP contribution is 2.27. The molecule has 1 N–H and O–H groups in total. The van der Waals surface area contributed by atoms with E-state index >= 15 is 0 Å². The van der Waals surface area contributed by atoms with Gasteiger partial charge in [0, 0.05) is 10.9 Å². The summed E-state index contributed by atoms with van der Waals surface area (Å²) in [5.74, 6) is -0.932. The summed E-state index contributed by atoms with van der Waals surface area (Å²) in [4.78, 5) is 10.9. The van der Waals surface area contributed by atoms with Crippen LogP contribution in [0.2, 0.25) is 0 Å². The molecule has 78 valence electrons. The monoisotopic (exact) mass is 204 g/mol. The van der Waals surface area contributed by atoms with E-state index in [1.54, 1.807) is 0 Å². The molecule has 0 aliphatic heterocycles. The van der Waals surface area contributed by atoms with Gasteiger partial charge >= 0.3 is 5.97 Å². The highest BCUT2D eigenvalue weighted by molar-refractivity contribution is 5.95. The summed E-state index contributed by atoms with van der Waals surface area (Å²) in [6.07, 6.45) is 0.664. The lowest BCUT2D eigenvalue weighted by Gasteiger charge is -1.94. The average Bonchev–Trinajstić information content (AvgIpc) is 2.55. The van der Waals surface area contributed by atoms with Crippen LogP contribution in [-0.4, -0.2) is 11.1 Å². The first-order valence-electron chi connectivity index (χ1n) is 4.88. The third-order valence-electron chi connectivity index (χ3n) is 2.50. The molecule has 0 radical (unpaired) electrons. The standard InChI is InChI=1S/C12H12O3/c1-3-8-9-5-4-7(2)6-10(9)15-11(8)12(13)14/h4-6H,3H2,1-2H3,(H,13,14). The second-order valence-electron chi connectivity index (χ2n) is 3.57. The maximum absolute atomic E-state index is 10.9. The van der Waals surface area contributed by atoms with E-state index in [0.717, 1.165) is 16.5 Å². The van der Waals surface area contributed by atoms with E-state index in [0.29, 0.717) is 12.0 Å². The first kappa shape index (κ1) is 9.77. The molecule has 0 aliphatic rings. The van der Waals surface area contributed by atoms with Gasteiger partial charge in [0.15, 0.2) is 0 Å². The Morgan fingerprint density at radius 3 is 2.80 bits per heavy atom. The number of carboxylic acids is 1. The number of hydrogen-bond acceptors (Lipinski definition) is 2. The molecule has 3 nitrogen and oxygen atoms in total. The van der Waals surface area contributed by atoms with Gasteiger partial charge in [0.1, 0.15) is 5.58 Å². The van der Waals surface area contributed by atoms with Crippen molar-refractivity contribution in [2.75, 3.05) is 0 Å². The maximum atomic E-state index is 10.9. The van der Waals surface area contributed by atoms with Crippen molar-refractivity contribution in [1.29, 1.82) is 0 Å². The van der Waals surface area contributed by atoms with Crippen molar-refractivity contribution >= 4 is 16.9 Å². The van der Waals surface area contributed by atoms with Gasteiger partial charge in [-0.2, -0.15) is 0 Å². The molecule has 0 saturated heterocycles. The quantitative estimate of drug-likeness (QED) is 0.818. The molecule has 0 spiro atoms. The predicted octanol–water partition coefficient (Wildman–Crippen LogP) is 3.00. The fraction of sp³-hybridized carbons (Fsp3) is 0.250. The number of benzene rings is 1. The molecular formula is C12H12O3. The van der Waals surface area contributed by atoms with Crippen LogP contribution in [-0.2, 0) is 6.42 Å². The number of fused-ring (bicyclic) bond motifs is 1. The number of carboxylic acid groups (broad SMARTS) is 1. The number of hydrogen-bond donors (Lipinski definition) is 1. The van der Waals surface area contributed by atoms with Crippen LogP contribution in [0.5, 0.6) is 0 Å². The lowest BCUT2D eigenvalue weighted by Crippen LogP contribution is -1.97. The normalized spacial score (nSPS) is 10.8. The highest BCUT2D eigenvalue weighted by Gasteiger charge is 2.17.